The molecule has 0 fully saturated rings. The smallest absolute Gasteiger partial charge is 0.0783 e. The minimum absolute atomic E-state index is 0.0494. The van der Waals surface area contributed by atoms with Crippen LogP contribution in [-0.4, -0.2) is 4.98 Å². The van der Waals surface area contributed by atoms with Crippen LogP contribution in [0.15, 0.2) is 115 Å². The summed E-state index contributed by atoms with van der Waals surface area (Å²) < 4.78 is 0. The van der Waals surface area contributed by atoms with Crippen LogP contribution >= 0.6 is 0 Å². The summed E-state index contributed by atoms with van der Waals surface area (Å²) in [7, 11) is 0. The van der Waals surface area contributed by atoms with Crippen molar-refractivity contribution in [1.82, 2.24) is 4.98 Å². The molecule has 0 N–H and O–H groups in total. The van der Waals surface area contributed by atoms with Gasteiger partial charge in [0.05, 0.1) is 5.52 Å². The largest absolute Gasteiger partial charge is 0.256 e. The van der Waals surface area contributed by atoms with E-state index < -0.39 is 0 Å². The Hall–Kier alpha value is -4.49. The Bertz CT molecular complexity index is 2130. The first-order chi connectivity index (χ1) is 20.1. The molecule has 0 atom stereocenters. The van der Waals surface area contributed by atoms with E-state index in [-0.39, 0.29) is 10.8 Å². The summed E-state index contributed by atoms with van der Waals surface area (Å²) in [5.74, 6) is 0. The first-order valence-electron chi connectivity index (χ1n) is 15.0. The Morgan fingerprint density at radius 1 is 0.452 bits per heavy atom. The van der Waals surface area contributed by atoms with Crippen molar-refractivity contribution in [2.45, 2.75) is 52.4 Å². The molecule has 7 aromatic rings. The highest BCUT2D eigenvalue weighted by Crippen LogP contribution is 2.46. The highest BCUT2D eigenvalue weighted by atomic mass is 14.6. The lowest BCUT2D eigenvalue weighted by Gasteiger charge is -2.31. The summed E-state index contributed by atoms with van der Waals surface area (Å²) in [6.07, 6.45) is 1.93. The van der Waals surface area contributed by atoms with Crippen LogP contribution in [0, 0.1) is 0 Å². The van der Waals surface area contributed by atoms with E-state index in [4.69, 9.17) is 4.98 Å². The average molecular weight is 544 g/mol. The normalized spacial score (nSPS) is 12.5. The van der Waals surface area contributed by atoms with Gasteiger partial charge < -0.3 is 0 Å². The van der Waals surface area contributed by atoms with Crippen LogP contribution in [0.5, 0.6) is 0 Å². The van der Waals surface area contributed by atoms with Gasteiger partial charge in [-0.05, 0) is 83.3 Å². The fraction of sp³-hybridized carbons (Fsp3) is 0.195. The molecule has 0 aliphatic rings. The third kappa shape index (κ3) is 4.27. The molecule has 6 aromatic carbocycles. The van der Waals surface area contributed by atoms with E-state index in [9.17, 15) is 0 Å². The Labute approximate surface area is 248 Å². The summed E-state index contributed by atoms with van der Waals surface area (Å²) in [6.45, 7) is 14.0. The fourth-order valence-corrected chi connectivity index (χ4v) is 6.94. The molecule has 0 saturated carbocycles. The average Bonchev–Trinajstić information content (AvgIpc) is 2.98. The van der Waals surface area contributed by atoms with E-state index in [1.807, 2.05) is 12.3 Å². The molecular weight excluding hydrogens is 506 g/mol. The lowest BCUT2D eigenvalue weighted by Crippen LogP contribution is -2.18. The van der Waals surface area contributed by atoms with Crippen molar-refractivity contribution in [2.24, 2.45) is 0 Å². The van der Waals surface area contributed by atoms with E-state index >= 15 is 0 Å². The predicted molar refractivity (Wildman–Crippen MR) is 183 cm³/mol. The van der Waals surface area contributed by atoms with Crippen LogP contribution in [0.2, 0.25) is 0 Å². The van der Waals surface area contributed by atoms with E-state index in [2.05, 4.69) is 145 Å². The molecule has 1 aromatic heterocycles. The van der Waals surface area contributed by atoms with Gasteiger partial charge in [0, 0.05) is 17.0 Å². The lowest BCUT2D eigenvalue weighted by atomic mass is 9.73. The van der Waals surface area contributed by atoms with Gasteiger partial charge in [0.1, 0.15) is 0 Å². The van der Waals surface area contributed by atoms with Gasteiger partial charge in [0.15, 0.2) is 0 Å². The number of hydrogen-bond acceptors (Lipinski definition) is 1. The Kier molecular flexibility index (Phi) is 5.99. The molecule has 7 rings (SSSR count). The van der Waals surface area contributed by atoms with Crippen molar-refractivity contribution in [1.29, 1.82) is 0 Å². The van der Waals surface area contributed by atoms with Crippen molar-refractivity contribution in [2.75, 3.05) is 0 Å². The maximum Gasteiger partial charge on any atom is 0.0783 e. The topological polar surface area (TPSA) is 12.9 Å². The van der Waals surface area contributed by atoms with Gasteiger partial charge in [-0.3, -0.25) is 4.98 Å². The molecule has 1 nitrogen and oxygen atoms in total. The summed E-state index contributed by atoms with van der Waals surface area (Å²) in [4.78, 5) is 4.93. The molecule has 0 aliphatic heterocycles. The van der Waals surface area contributed by atoms with Gasteiger partial charge in [-0.2, -0.15) is 0 Å². The first kappa shape index (κ1) is 26.4. The van der Waals surface area contributed by atoms with E-state index in [1.165, 1.54) is 71.1 Å². The maximum atomic E-state index is 4.93. The first-order valence-corrected chi connectivity index (χ1v) is 15.0. The molecule has 0 spiro atoms. The number of rotatable bonds is 2. The van der Waals surface area contributed by atoms with Gasteiger partial charge in [-0.1, -0.05) is 139 Å². The molecule has 1 heteroatoms. The quantitative estimate of drug-likeness (QED) is 0.156. The summed E-state index contributed by atoms with van der Waals surface area (Å²) in [5, 5.41) is 9.03. The fourth-order valence-electron chi connectivity index (χ4n) is 6.94. The van der Waals surface area contributed by atoms with Crippen LogP contribution in [0.4, 0.5) is 0 Å². The second-order valence-corrected chi connectivity index (χ2v) is 13.7. The van der Waals surface area contributed by atoms with Crippen LogP contribution in [0.25, 0.3) is 65.5 Å². The number of nitrogens with zero attached hydrogens (tertiary/aromatic N) is 1. The van der Waals surface area contributed by atoms with Crippen LogP contribution in [-0.2, 0) is 10.8 Å². The third-order valence-electron chi connectivity index (χ3n) is 8.67. The summed E-state index contributed by atoms with van der Waals surface area (Å²) in [5.41, 5.74) is 8.76. The van der Waals surface area contributed by atoms with E-state index in [0.29, 0.717) is 0 Å². The van der Waals surface area contributed by atoms with Gasteiger partial charge in [-0.15, -0.1) is 0 Å². The molecule has 0 unspecified atom stereocenters. The zero-order valence-electron chi connectivity index (χ0n) is 25.4. The monoisotopic (exact) mass is 543 g/mol. The highest BCUT2D eigenvalue weighted by Gasteiger charge is 2.28. The molecule has 0 aliphatic carbocycles. The number of hydrogen-bond donors (Lipinski definition) is 0. The highest BCUT2D eigenvalue weighted by molar-refractivity contribution is 6.17. The van der Waals surface area contributed by atoms with Crippen LogP contribution in [0.3, 0.4) is 0 Å². The number of aromatic nitrogens is 1. The van der Waals surface area contributed by atoms with Gasteiger partial charge in [-0.25, -0.2) is 0 Å². The summed E-state index contributed by atoms with van der Waals surface area (Å²) in [6, 6.07) is 40.2. The third-order valence-corrected chi connectivity index (χ3v) is 8.67. The zero-order chi connectivity index (χ0) is 29.2. The minimum Gasteiger partial charge on any atom is -0.256 e. The predicted octanol–water partition coefficient (Wildman–Crippen LogP) is 11.6. The van der Waals surface area contributed by atoms with Gasteiger partial charge >= 0.3 is 0 Å². The van der Waals surface area contributed by atoms with Crippen molar-refractivity contribution >= 4 is 43.2 Å². The minimum atomic E-state index is -0.0552. The molecule has 0 radical (unpaired) electrons. The number of fused-ring (bicyclic) bond motifs is 5. The Morgan fingerprint density at radius 3 is 1.86 bits per heavy atom. The number of pyridine rings is 1. The Morgan fingerprint density at radius 2 is 1.10 bits per heavy atom. The molecule has 0 amide bonds. The van der Waals surface area contributed by atoms with Crippen molar-refractivity contribution in [3.05, 3.63) is 127 Å². The van der Waals surface area contributed by atoms with Crippen molar-refractivity contribution < 1.29 is 0 Å². The molecule has 0 saturated heterocycles. The van der Waals surface area contributed by atoms with E-state index in [0.717, 1.165) is 5.52 Å². The zero-order valence-corrected chi connectivity index (χ0v) is 25.4. The van der Waals surface area contributed by atoms with Crippen LogP contribution in [0.1, 0.15) is 52.7 Å². The molecule has 0 bridgehead atoms. The molecule has 206 valence electrons. The van der Waals surface area contributed by atoms with Crippen LogP contribution < -0.4 is 0 Å². The second-order valence-electron chi connectivity index (χ2n) is 13.7. The maximum absolute atomic E-state index is 4.93. The van der Waals surface area contributed by atoms with Crippen molar-refractivity contribution in [3.8, 4) is 22.3 Å². The standard InChI is InChI=1S/C41H37N/c1-40(2,3)37-34-23-20-29-13-10-24-42-39(29)36(34)38(41(4,5)6)33-22-21-30(25-35(33)37)26-16-18-28(19-17-26)32-15-9-12-27-11-7-8-14-31(27)32/h7-25H,1-6H3. The second kappa shape index (κ2) is 9.53. The van der Waals surface area contributed by atoms with Gasteiger partial charge in [0.2, 0.25) is 0 Å². The lowest BCUT2D eigenvalue weighted by molar-refractivity contribution is 0.593. The SMILES string of the molecule is CC(C)(C)c1c2cc(-c3ccc(-c4cccc5ccccc45)cc3)ccc2c(C(C)(C)C)c2c1ccc1cccnc12. The Balaban J connectivity index is 1.47. The molecule has 1 heterocycles. The van der Waals surface area contributed by atoms with Crippen molar-refractivity contribution in [3.63, 3.8) is 0 Å². The van der Waals surface area contributed by atoms with Gasteiger partial charge in [0.25, 0.3) is 0 Å². The molecule has 42 heavy (non-hydrogen) atoms. The summed E-state index contributed by atoms with van der Waals surface area (Å²) >= 11 is 0. The molecular formula is C41H37N. The number of benzene rings is 6. The van der Waals surface area contributed by atoms with E-state index in [1.54, 1.807) is 0 Å².